The van der Waals surface area contributed by atoms with Crippen LogP contribution >= 0.6 is 12.0 Å². The van der Waals surface area contributed by atoms with Crippen LogP contribution in [0, 0.1) is 6.92 Å². The molecular formula is C30H33N2O5SSe+. The molecule has 4 aromatic rings. The van der Waals surface area contributed by atoms with Gasteiger partial charge in [-0.25, -0.2) is 5.26 Å². The quantitative estimate of drug-likeness (QED) is 0.0544. The van der Waals surface area contributed by atoms with Crippen molar-refractivity contribution >= 4 is 65.1 Å². The van der Waals surface area contributed by atoms with E-state index < -0.39 is 0 Å². The van der Waals surface area contributed by atoms with Gasteiger partial charge in [0.25, 0.3) is 0 Å². The Morgan fingerprint density at radius 1 is 1.18 bits per heavy atom. The van der Waals surface area contributed by atoms with Crippen molar-refractivity contribution in [3.63, 3.8) is 0 Å². The zero-order valence-electron chi connectivity index (χ0n) is 22.6. The molecule has 1 aromatic heterocycles. The van der Waals surface area contributed by atoms with E-state index in [1.54, 1.807) is 7.11 Å². The van der Waals surface area contributed by atoms with Crippen molar-refractivity contribution in [2.24, 2.45) is 0 Å². The van der Waals surface area contributed by atoms with Crippen LogP contribution in [0.15, 0.2) is 69.2 Å². The summed E-state index contributed by atoms with van der Waals surface area (Å²) < 4.78 is 21.6. The van der Waals surface area contributed by atoms with Gasteiger partial charge in [-0.3, -0.25) is 0 Å². The van der Waals surface area contributed by atoms with Crippen molar-refractivity contribution in [2.75, 3.05) is 24.3 Å². The SMILES string of the molecule is CCC(/C=C1\[Se]c2cc(OC)c(C)cc2N1CC)=C\c1oc2ccc3ccccc3c2[n+]1CCCSOOO. The molecule has 0 fully saturated rings. The van der Waals surface area contributed by atoms with E-state index in [0.29, 0.717) is 5.75 Å². The van der Waals surface area contributed by atoms with Crippen LogP contribution in [-0.2, 0) is 15.9 Å². The van der Waals surface area contributed by atoms with Crippen LogP contribution in [-0.4, -0.2) is 39.6 Å². The first-order valence-corrected chi connectivity index (χ1v) is 15.7. The summed E-state index contributed by atoms with van der Waals surface area (Å²) in [6, 6.07) is 17.0. The van der Waals surface area contributed by atoms with E-state index in [1.165, 1.54) is 25.7 Å². The van der Waals surface area contributed by atoms with Crippen LogP contribution in [0.4, 0.5) is 5.69 Å². The smallest absolute Gasteiger partial charge is 0.220 e. The van der Waals surface area contributed by atoms with Gasteiger partial charge in [0.1, 0.15) is 0 Å². The van der Waals surface area contributed by atoms with Crippen molar-refractivity contribution in [2.45, 2.75) is 40.2 Å². The third-order valence-corrected chi connectivity index (χ3v) is 9.80. The Balaban J connectivity index is 1.54. The van der Waals surface area contributed by atoms with Gasteiger partial charge in [-0.1, -0.05) is 0 Å². The predicted octanol–water partition coefficient (Wildman–Crippen LogP) is 6.15. The third-order valence-electron chi connectivity index (χ3n) is 6.89. The van der Waals surface area contributed by atoms with E-state index in [2.05, 4.69) is 100 Å². The number of allylic oxidation sites excluding steroid dienone is 2. The van der Waals surface area contributed by atoms with E-state index in [-0.39, 0.29) is 15.0 Å². The molecule has 1 N–H and O–H groups in total. The summed E-state index contributed by atoms with van der Waals surface area (Å²) in [4.78, 5) is 2.42. The van der Waals surface area contributed by atoms with Crippen molar-refractivity contribution in [3.8, 4) is 5.75 Å². The molecule has 0 radical (unpaired) electrons. The first-order chi connectivity index (χ1) is 19.1. The molecule has 3 aromatic carbocycles. The zero-order chi connectivity index (χ0) is 27.4. The van der Waals surface area contributed by atoms with Gasteiger partial charge in [0, 0.05) is 0 Å². The minimum Gasteiger partial charge on any atom is -0.220 e. The standard InChI is InChI=1S/C30H32N2O5SSe/c1-5-21(18-29-31(6-2)24-16-20(3)26(34-4)19-27(24)39-29)17-28-32(14-9-15-38-37-36-33)30-23-11-8-7-10-22(23)12-13-25(30)35-28/h7-8,10-13,16-19H,5-6,9,14-15H2,1-4H3/p+1. The average molecular weight is 613 g/mol. The molecule has 0 saturated heterocycles. The fourth-order valence-electron chi connectivity index (χ4n) is 4.99. The number of hydrogen-bond acceptors (Lipinski definition) is 7. The minimum atomic E-state index is 0.187. The van der Waals surface area contributed by atoms with E-state index in [4.69, 9.17) is 14.4 Å². The maximum absolute atomic E-state index is 8.45. The van der Waals surface area contributed by atoms with Gasteiger partial charge in [-0.2, -0.15) is 0 Å². The summed E-state index contributed by atoms with van der Waals surface area (Å²) in [5, 5.41) is 14.5. The molecule has 9 heteroatoms. The summed E-state index contributed by atoms with van der Waals surface area (Å²) in [5.74, 6) is 2.43. The number of aryl methyl sites for hydroxylation is 2. The van der Waals surface area contributed by atoms with Gasteiger partial charge in [0.15, 0.2) is 0 Å². The number of methoxy groups -OCH3 is 1. The molecule has 0 bridgehead atoms. The second kappa shape index (κ2) is 12.6. The van der Waals surface area contributed by atoms with Crippen molar-refractivity contribution in [1.29, 1.82) is 0 Å². The Morgan fingerprint density at radius 2 is 2.03 bits per heavy atom. The number of rotatable bonds is 11. The van der Waals surface area contributed by atoms with E-state index in [0.717, 1.165) is 71.7 Å². The molecule has 0 atom stereocenters. The number of fused-ring (bicyclic) bond motifs is 4. The first-order valence-electron chi connectivity index (χ1n) is 13.1. The molecule has 0 amide bonds. The van der Waals surface area contributed by atoms with Gasteiger partial charge in [-0.15, -0.1) is 0 Å². The van der Waals surface area contributed by atoms with Crippen molar-refractivity contribution in [1.82, 2.24) is 0 Å². The second-order valence-electron chi connectivity index (χ2n) is 9.23. The first kappa shape index (κ1) is 27.8. The Kier molecular flexibility index (Phi) is 8.97. The molecule has 39 heavy (non-hydrogen) atoms. The second-order valence-corrected chi connectivity index (χ2v) is 12.2. The van der Waals surface area contributed by atoms with E-state index in [9.17, 15) is 0 Å². The number of ether oxygens (including phenoxy) is 1. The summed E-state index contributed by atoms with van der Waals surface area (Å²) >= 11 is 1.26. The molecule has 0 saturated carbocycles. The van der Waals surface area contributed by atoms with Gasteiger partial charge in [0.05, 0.1) is 0 Å². The third kappa shape index (κ3) is 5.75. The Labute approximate surface area is 239 Å². The minimum absolute atomic E-state index is 0.187. The molecule has 7 nitrogen and oxygen atoms in total. The van der Waals surface area contributed by atoms with Crippen LogP contribution in [0.25, 0.3) is 27.9 Å². The molecule has 1 aliphatic rings. The number of hydrogen-bond donors (Lipinski definition) is 1. The van der Waals surface area contributed by atoms with E-state index in [1.807, 2.05) is 0 Å². The van der Waals surface area contributed by atoms with Crippen LogP contribution in [0.1, 0.15) is 38.1 Å². The van der Waals surface area contributed by atoms with E-state index >= 15 is 0 Å². The van der Waals surface area contributed by atoms with Crippen LogP contribution in [0.2, 0.25) is 0 Å². The topological polar surface area (TPSA) is 68.2 Å². The van der Waals surface area contributed by atoms with Gasteiger partial charge in [0.2, 0.25) is 0 Å². The number of anilines is 1. The Hall–Kier alpha value is -2.78. The zero-order valence-corrected chi connectivity index (χ0v) is 25.1. The fourth-order valence-corrected chi connectivity index (χ4v) is 7.89. The van der Waals surface area contributed by atoms with Crippen LogP contribution in [0.5, 0.6) is 5.75 Å². The number of nitrogens with zero attached hydrogens (tertiary/aromatic N) is 2. The maximum atomic E-state index is 8.45. The Bertz CT molecular complexity index is 1550. The van der Waals surface area contributed by atoms with Gasteiger partial charge < -0.3 is 0 Å². The van der Waals surface area contributed by atoms with Crippen LogP contribution < -0.4 is 18.7 Å². The molecule has 1 aliphatic heterocycles. The number of aromatic nitrogens is 1. The summed E-state index contributed by atoms with van der Waals surface area (Å²) in [5.41, 5.74) is 5.60. The summed E-state index contributed by atoms with van der Waals surface area (Å²) in [6.07, 6.45) is 6.21. The molecule has 0 aliphatic carbocycles. The summed E-state index contributed by atoms with van der Waals surface area (Å²) in [7, 11) is 1.74. The number of oxazole rings is 1. The monoisotopic (exact) mass is 613 g/mol. The van der Waals surface area contributed by atoms with Gasteiger partial charge in [-0.05, 0) is 0 Å². The molecule has 204 valence electrons. The Morgan fingerprint density at radius 3 is 2.79 bits per heavy atom. The average Bonchev–Trinajstić information content (AvgIpc) is 3.48. The normalized spacial score (nSPS) is 14.6. The molecule has 5 rings (SSSR count). The van der Waals surface area contributed by atoms with Gasteiger partial charge >= 0.3 is 235 Å². The predicted molar refractivity (Wildman–Crippen MR) is 158 cm³/mol. The van der Waals surface area contributed by atoms with Crippen LogP contribution in [0.3, 0.4) is 0 Å². The summed E-state index contributed by atoms with van der Waals surface area (Å²) in [6.45, 7) is 8.14. The van der Waals surface area contributed by atoms with Crippen molar-refractivity contribution < 1.29 is 28.4 Å². The molecular weight excluding hydrogens is 579 g/mol. The molecule has 0 unspecified atom stereocenters. The molecule has 0 spiro atoms. The molecule has 2 heterocycles. The number of benzene rings is 3. The van der Waals surface area contributed by atoms with Crippen molar-refractivity contribution in [3.05, 3.63) is 76.2 Å². The fraction of sp³-hybridized carbons (Fsp3) is 0.300.